The van der Waals surface area contributed by atoms with E-state index >= 15 is 0 Å². The standard InChI is InChI=1S/C11H11F2N5O/c12-10(13)7-2-1-3-9(4-7)18(19)11(15)17-6-8(14)5-16-17/h1-6,10,15,19H,14H2. The third-order valence-electron chi connectivity index (χ3n) is 2.39. The van der Waals surface area contributed by atoms with Crippen molar-refractivity contribution in [1.29, 1.82) is 5.41 Å². The molecule has 4 N–H and O–H groups in total. The van der Waals surface area contributed by atoms with Crippen LogP contribution in [0.15, 0.2) is 36.7 Å². The van der Waals surface area contributed by atoms with E-state index in [1.165, 1.54) is 30.6 Å². The van der Waals surface area contributed by atoms with E-state index < -0.39 is 12.4 Å². The molecule has 0 aliphatic carbocycles. The first-order valence-electron chi connectivity index (χ1n) is 5.25. The van der Waals surface area contributed by atoms with Crippen molar-refractivity contribution >= 4 is 17.3 Å². The van der Waals surface area contributed by atoms with Crippen molar-refractivity contribution in [3.8, 4) is 0 Å². The molecule has 1 aromatic carbocycles. The Labute approximate surface area is 107 Å². The number of anilines is 2. The number of aromatic nitrogens is 2. The van der Waals surface area contributed by atoms with Crippen molar-refractivity contribution in [3.05, 3.63) is 42.2 Å². The highest BCUT2D eigenvalue weighted by Gasteiger charge is 2.15. The zero-order valence-corrected chi connectivity index (χ0v) is 9.66. The molecular formula is C11H11F2N5O. The topological polar surface area (TPSA) is 91.2 Å². The lowest BCUT2D eigenvalue weighted by Gasteiger charge is -2.17. The molecule has 0 spiro atoms. The predicted octanol–water partition coefficient (Wildman–Crippen LogP) is 2.08. The predicted molar refractivity (Wildman–Crippen MR) is 65.4 cm³/mol. The molecule has 0 amide bonds. The molecule has 0 saturated carbocycles. The number of benzene rings is 1. The summed E-state index contributed by atoms with van der Waals surface area (Å²) in [6, 6.07) is 5.08. The van der Waals surface area contributed by atoms with Gasteiger partial charge >= 0.3 is 0 Å². The molecule has 0 bridgehead atoms. The van der Waals surface area contributed by atoms with Gasteiger partial charge in [-0.2, -0.15) is 10.2 Å². The van der Waals surface area contributed by atoms with E-state index in [0.29, 0.717) is 10.8 Å². The number of rotatable bonds is 2. The average molecular weight is 267 g/mol. The molecule has 2 rings (SSSR count). The maximum absolute atomic E-state index is 12.5. The lowest BCUT2D eigenvalue weighted by molar-refractivity contribution is 0.151. The Morgan fingerprint density at radius 1 is 1.47 bits per heavy atom. The third kappa shape index (κ3) is 2.68. The number of alkyl halides is 2. The van der Waals surface area contributed by atoms with Crippen LogP contribution < -0.4 is 10.8 Å². The summed E-state index contributed by atoms with van der Waals surface area (Å²) in [5.74, 6) is -0.428. The number of nitrogen functional groups attached to an aromatic ring is 1. The van der Waals surface area contributed by atoms with Crippen LogP contribution >= 0.6 is 0 Å². The summed E-state index contributed by atoms with van der Waals surface area (Å²) < 4.78 is 26.1. The Bertz CT molecular complexity index is 598. The Morgan fingerprint density at radius 3 is 2.79 bits per heavy atom. The molecule has 6 nitrogen and oxygen atoms in total. The largest absolute Gasteiger partial charge is 0.396 e. The molecule has 0 atom stereocenters. The summed E-state index contributed by atoms with van der Waals surface area (Å²) in [5, 5.41) is 21.7. The second-order valence-corrected chi connectivity index (χ2v) is 3.75. The zero-order chi connectivity index (χ0) is 14.0. The molecule has 19 heavy (non-hydrogen) atoms. The molecule has 0 aliphatic heterocycles. The van der Waals surface area contributed by atoms with Gasteiger partial charge in [-0.3, -0.25) is 10.6 Å². The van der Waals surface area contributed by atoms with E-state index in [0.717, 1.165) is 10.7 Å². The SMILES string of the molecule is N=C(N(O)c1cccc(C(F)F)c1)n1cc(N)cn1. The zero-order valence-electron chi connectivity index (χ0n) is 9.66. The van der Waals surface area contributed by atoms with Gasteiger partial charge in [-0.05, 0) is 12.1 Å². The number of hydroxylamine groups is 1. The summed E-state index contributed by atoms with van der Waals surface area (Å²) >= 11 is 0. The van der Waals surface area contributed by atoms with Gasteiger partial charge in [0.2, 0.25) is 5.96 Å². The van der Waals surface area contributed by atoms with E-state index in [-0.39, 0.29) is 11.3 Å². The number of halogens is 2. The molecule has 0 fully saturated rings. The third-order valence-corrected chi connectivity index (χ3v) is 2.39. The van der Waals surface area contributed by atoms with Gasteiger partial charge in [0.1, 0.15) is 0 Å². The summed E-state index contributed by atoms with van der Waals surface area (Å²) in [6.07, 6.45) is -0.0246. The molecule has 0 saturated heterocycles. The first-order valence-corrected chi connectivity index (χ1v) is 5.25. The van der Waals surface area contributed by atoms with Gasteiger partial charge in [0.25, 0.3) is 6.43 Å². The summed E-state index contributed by atoms with van der Waals surface area (Å²) in [7, 11) is 0. The average Bonchev–Trinajstić information content (AvgIpc) is 2.84. The molecular weight excluding hydrogens is 256 g/mol. The van der Waals surface area contributed by atoms with Crippen LogP contribution in [-0.2, 0) is 0 Å². The van der Waals surface area contributed by atoms with Crippen LogP contribution in [-0.4, -0.2) is 20.9 Å². The van der Waals surface area contributed by atoms with E-state index in [2.05, 4.69) is 5.10 Å². The Balaban J connectivity index is 2.26. The Hall–Kier alpha value is -2.48. The molecule has 1 aromatic heterocycles. The van der Waals surface area contributed by atoms with Gasteiger partial charge in [-0.1, -0.05) is 12.1 Å². The highest BCUT2D eigenvalue weighted by Crippen LogP contribution is 2.23. The van der Waals surface area contributed by atoms with Gasteiger partial charge in [0, 0.05) is 5.56 Å². The van der Waals surface area contributed by atoms with Crippen molar-refractivity contribution in [2.24, 2.45) is 0 Å². The lowest BCUT2D eigenvalue weighted by atomic mass is 10.2. The maximum Gasteiger partial charge on any atom is 0.263 e. The fraction of sp³-hybridized carbons (Fsp3) is 0.0909. The quantitative estimate of drug-likeness (QED) is 0.441. The van der Waals surface area contributed by atoms with Crippen LogP contribution in [0.1, 0.15) is 12.0 Å². The van der Waals surface area contributed by atoms with Crippen LogP contribution in [0.25, 0.3) is 0 Å². The van der Waals surface area contributed by atoms with E-state index in [1.54, 1.807) is 0 Å². The van der Waals surface area contributed by atoms with Crippen LogP contribution in [0.2, 0.25) is 0 Å². The fourth-order valence-corrected chi connectivity index (χ4v) is 1.46. The normalized spacial score (nSPS) is 10.7. The van der Waals surface area contributed by atoms with Crippen LogP contribution in [0.3, 0.4) is 0 Å². The highest BCUT2D eigenvalue weighted by molar-refractivity contribution is 5.92. The summed E-state index contributed by atoms with van der Waals surface area (Å²) in [4.78, 5) is 0. The molecule has 2 aromatic rings. The van der Waals surface area contributed by atoms with Gasteiger partial charge < -0.3 is 5.73 Å². The fourth-order valence-electron chi connectivity index (χ4n) is 1.46. The van der Waals surface area contributed by atoms with Crippen molar-refractivity contribution in [1.82, 2.24) is 9.78 Å². The molecule has 100 valence electrons. The van der Waals surface area contributed by atoms with Gasteiger partial charge in [0.05, 0.1) is 23.8 Å². The Kier molecular flexibility index (Phi) is 3.43. The second kappa shape index (κ2) is 5.02. The summed E-state index contributed by atoms with van der Waals surface area (Å²) in [6.45, 7) is 0. The number of nitrogens with one attached hydrogen (secondary N) is 1. The van der Waals surface area contributed by atoms with Gasteiger partial charge in [-0.25, -0.2) is 13.5 Å². The molecule has 0 unspecified atom stereocenters. The summed E-state index contributed by atoms with van der Waals surface area (Å²) in [5.41, 5.74) is 5.55. The minimum Gasteiger partial charge on any atom is -0.396 e. The molecule has 0 aliphatic rings. The van der Waals surface area contributed by atoms with E-state index in [9.17, 15) is 14.0 Å². The van der Waals surface area contributed by atoms with Gasteiger partial charge in [0.15, 0.2) is 0 Å². The van der Waals surface area contributed by atoms with Crippen LogP contribution in [0.5, 0.6) is 0 Å². The number of nitrogens with zero attached hydrogens (tertiary/aromatic N) is 3. The van der Waals surface area contributed by atoms with Crippen LogP contribution in [0.4, 0.5) is 20.2 Å². The number of hydrogen-bond donors (Lipinski definition) is 3. The van der Waals surface area contributed by atoms with Crippen molar-refractivity contribution in [2.45, 2.75) is 6.43 Å². The minimum absolute atomic E-state index is 0.0388. The Morgan fingerprint density at radius 2 is 2.21 bits per heavy atom. The van der Waals surface area contributed by atoms with Crippen molar-refractivity contribution in [3.63, 3.8) is 0 Å². The minimum atomic E-state index is -2.65. The first kappa shape index (κ1) is 13.0. The van der Waals surface area contributed by atoms with E-state index in [1.807, 2.05) is 0 Å². The second-order valence-electron chi connectivity index (χ2n) is 3.75. The monoisotopic (exact) mass is 267 g/mol. The first-order chi connectivity index (χ1) is 8.99. The highest BCUT2D eigenvalue weighted by atomic mass is 19.3. The lowest BCUT2D eigenvalue weighted by Crippen LogP contribution is -2.32. The van der Waals surface area contributed by atoms with Crippen LogP contribution in [0, 0.1) is 5.41 Å². The number of nitrogens with two attached hydrogens (primary N) is 1. The van der Waals surface area contributed by atoms with Crippen molar-refractivity contribution < 1.29 is 14.0 Å². The maximum atomic E-state index is 12.5. The van der Waals surface area contributed by atoms with Crippen molar-refractivity contribution in [2.75, 3.05) is 10.8 Å². The molecule has 1 heterocycles. The molecule has 8 heteroatoms. The molecule has 0 radical (unpaired) electrons. The number of hydrogen-bond acceptors (Lipinski definition) is 4. The van der Waals surface area contributed by atoms with Gasteiger partial charge in [-0.15, -0.1) is 0 Å². The van der Waals surface area contributed by atoms with E-state index in [4.69, 9.17) is 11.1 Å². The smallest absolute Gasteiger partial charge is 0.263 e.